The molecule has 2 aromatic rings. The monoisotopic (exact) mass is 272 g/mol. The standard InChI is InChI=1S/C19H16N2/c20-17-10-6-15(7-11-17)19(14-4-2-1-3-5-14)16-8-12-18(21)13-9-16/h1-13,20H,21H2. The highest BCUT2D eigenvalue weighted by Crippen LogP contribution is 2.29. The minimum atomic E-state index is 0.517. The first kappa shape index (κ1) is 13.1. The average Bonchev–Trinajstić information content (AvgIpc) is 2.52. The second kappa shape index (κ2) is 5.63. The molecule has 3 N–H and O–H groups in total. The lowest BCUT2D eigenvalue weighted by atomic mass is 9.91. The molecular formula is C19H16N2. The second-order valence-electron chi connectivity index (χ2n) is 4.94. The number of nitrogens with two attached hydrogens (primary N) is 1. The van der Waals surface area contributed by atoms with E-state index in [4.69, 9.17) is 11.1 Å². The third kappa shape index (κ3) is 2.84. The number of benzene rings is 2. The number of hydrogen-bond donors (Lipinski definition) is 2. The van der Waals surface area contributed by atoms with Crippen molar-refractivity contribution in [3.63, 3.8) is 0 Å². The largest absolute Gasteiger partial charge is 0.399 e. The van der Waals surface area contributed by atoms with Crippen LogP contribution in [0.15, 0.2) is 84.5 Å². The van der Waals surface area contributed by atoms with Crippen LogP contribution in [0.3, 0.4) is 0 Å². The van der Waals surface area contributed by atoms with Crippen LogP contribution in [0.5, 0.6) is 0 Å². The van der Waals surface area contributed by atoms with E-state index in [-0.39, 0.29) is 0 Å². The maximum atomic E-state index is 7.64. The van der Waals surface area contributed by atoms with Gasteiger partial charge >= 0.3 is 0 Å². The summed E-state index contributed by atoms with van der Waals surface area (Å²) < 4.78 is 0. The summed E-state index contributed by atoms with van der Waals surface area (Å²) in [5.41, 5.74) is 11.6. The van der Waals surface area contributed by atoms with Crippen LogP contribution in [0.25, 0.3) is 5.57 Å². The van der Waals surface area contributed by atoms with Gasteiger partial charge in [0, 0.05) is 5.69 Å². The van der Waals surface area contributed by atoms with Crippen molar-refractivity contribution in [3.8, 4) is 0 Å². The third-order valence-corrected chi connectivity index (χ3v) is 3.44. The van der Waals surface area contributed by atoms with Crippen LogP contribution in [-0.2, 0) is 0 Å². The zero-order valence-electron chi connectivity index (χ0n) is 11.6. The number of allylic oxidation sites excluding steroid dienone is 5. The van der Waals surface area contributed by atoms with E-state index < -0.39 is 0 Å². The van der Waals surface area contributed by atoms with Crippen LogP contribution in [0, 0.1) is 5.41 Å². The molecule has 0 aromatic heterocycles. The summed E-state index contributed by atoms with van der Waals surface area (Å²) in [5.74, 6) is 0. The van der Waals surface area contributed by atoms with E-state index in [0.29, 0.717) is 5.71 Å². The zero-order chi connectivity index (χ0) is 14.7. The molecule has 21 heavy (non-hydrogen) atoms. The maximum Gasteiger partial charge on any atom is 0.0540 e. The molecule has 2 nitrogen and oxygen atoms in total. The number of hydrogen-bond acceptors (Lipinski definition) is 2. The highest BCUT2D eigenvalue weighted by atomic mass is 14.5. The fourth-order valence-corrected chi connectivity index (χ4v) is 2.39. The molecule has 0 bridgehead atoms. The Bertz CT molecular complexity index is 730. The van der Waals surface area contributed by atoms with E-state index in [1.54, 1.807) is 0 Å². The molecule has 0 radical (unpaired) electrons. The van der Waals surface area contributed by atoms with Gasteiger partial charge in [0.1, 0.15) is 0 Å². The zero-order valence-corrected chi connectivity index (χ0v) is 11.6. The molecule has 2 heteroatoms. The summed E-state index contributed by atoms with van der Waals surface area (Å²) in [5, 5.41) is 7.64. The van der Waals surface area contributed by atoms with Gasteiger partial charge in [-0.1, -0.05) is 54.6 Å². The molecule has 1 aliphatic carbocycles. The van der Waals surface area contributed by atoms with Gasteiger partial charge in [0.05, 0.1) is 5.71 Å². The van der Waals surface area contributed by atoms with Gasteiger partial charge in [-0.25, -0.2) is 0 Å². The summed E-state index contributed by atoms with van der Waals surface area (Å²) in [6.07, 6.45) is 7.60. The molecule has 0 saturated carbocycles. The van der Waals surface area contributed by atoms with Gasteiger partial charge in [-0.2, -0.15) is 0 Å². The molecule has 2 aromatic carbocycles. The van der Waals surface area contributed by atoms with Crippen LogP contribution >= 0.6 is 0 Å². The van der Waals surface area contributed by atoms with E-state index >= 15 is 0 Å². The lowest BCUT2D eigenvalue weighted by molar-refractivity contribution is 1.49. The molecular weight excluding hydrogens is 256 g/mol. The smallest absolute Gasteiger partial charge is 0.0540 e. The Labute approximate surface area is 124 Å². The van der Waals surface area contributed by atoms with E-state index in [1.807, 2.05) is 66.8 Å². The molecule has 0 heterocycles. The van der Waals surface area contributed by atoms with Gasteiger partial charge in [-0.15, -0.1) is 0 Å². The molecule has 3 rings (SSSR count). The quantitative estimate of drug-likeness (QED) is 0.790. The normalized spacial score (nSPS) is 13.5. The van der Waals surface area contributed by atoms with Crippen LogP contribution in [0.1, 0.15) is 11.1 Å². The molecule has 0 spiro atoms. The number of rotatable bonds is 2. The summed E-state index contributed by atoms with van der Waals surface area (Å²) in [7, 11) is 0. The van der Waals surface area contributed by atoms with Gasteiger partial charge in [0.2, 0.25) is 0 Å². The maximum absolute atomic E-state index is 7.64. The highest BCUT2D eigenvalue weighted by Gasteiger charge is 2.10. The molecule has 102 valence electrons. The van der Waals surface area contributed by atoms with E-state index in [0.717, 1.165) is 28.0 Å². The van der Waals surface area contributed by atoms with Crippen molar-refractivity contribution in [2.75, 3.05) is 5.73 Å². The van der Waals surface area contributed by atoms with Crippen molar-refractivity contribution in [2.45, 2.75) is 0 Å². The molecule has 0 unspecified atom stereocenters. The van der Waals surface area contributed by atoms with Gasteiger partial charge in [0.15, 0.2) is 0 Å². The van der Waals surface area contributed by atoms with Crippen molar-refractivity contribution in [2.24, 2.45) is 0 Å². The predicted octanol–water partition coefficient (Wildman–Crippen LogP) is 4.22. The molecule has 0 fully saturated rings. The summed E-state index contributed by atoms with van der Waals surface area (Å²) in [6.45, 7) is 0. The Morgan fingerprint density at radius 1 is 0.714 bits per heavy atom. The Balaban J connectivity index is 2.19. The van der Waals surface area contributed by atoms with E-state index in [1.165, 1.54) is 0 Å². The fourth-order valence-electron chi connectivity index (χ4n) is 2.39. The lowest BCUT2D eigenvalue weighted by Crippen LogP contribution is -1.97. The van der Waals surface area contributed by atoms with Crippen LogP contribution < -0.4 is 5.73 Å². The lowest BCUT2D eigenvalue weighted by Gasteiger charge is -2.14. The molecule has 0 atom stereocenters. The van der Waals surface area contributed by atoms with Gasteiger partial charge in [0.25, 0.3) is 0 Å². The van der Waals surface area contributed by atoms with Crippen molar-refractivity contribution in [1.82, 2.24) is 0 Å². The Hall–Kier alpha value is -2.87. The third-order valence-electron chi connectivity index (χ3n) is 3.44. The second-order valence-corrected chi connectivity index (χ2v) is 4.94. The Morgan fingerprint density at radius 3 is 1.90 bits per heavy atom. The number of nitrogens with one attached hydrogen (secondary N) is 1. The van der Waals surface area contributed by atoms with E-state index in [2.05, 4.69) is 12.1 Å². The summed E-state index contributed by atoms with van der Waals surface area (Å²) in [4.78, 5) is 0. The Kier molecular flexibility index (Phi) is 3.52. The van der Waals surface area contributed by atoms with Crippen molar-refractivity contribution < 1.29 is 0 Å². The minimum absolute atomic E-state index is 0.517. The highest BCUT2D eigenvalue weighted by molar-refractivity contribution is 6.05. The summed E-state index contributed by atoms with van der Waals surface area (Å²) >= 11 is 0. The molecule has 0 aliphatic heterocycles. The van der Waals surface area contributed by atoms with Crippen molar-refractivity contribution in [3.05, 3.63) is 95.6 Å². The summed E-state index contributed by atoms with van der Waals surface area (Å²) in [6, 6.07) is 18.2. The van der Waals surface area contributed by atoms with Crippen LogP contribution in [0.4, 0.5) is 5.69 Å². The molecule has 1 aliphatic rings. The van der Waals surface area contributed by atoms with Gasteiger partial charge < -0.3 is 11.1 Å². The topological polar surface area (TPSA) is 49.9 Å². The minimum Gasteiger partial charge on any atom is -0.399 e. The molecule has 0 amide bonds. The molecule has 0 saturated heterocycles. The first-order valence-corrected chi connectivity index (χ1v) is 6.84. The van der Waals surface area contributed by atoms with Gasteiger partial charge in [-0.05, 0) is 46.6 Å². The first-order chi connectivity index (χ1) is 10.2. The van der Waals surface area contributed by atoms with Gasteiger partial charge in [-0.3, -0.25) is 0 Å². The number of anilines is 1. The van der Waals surface area contributed by atoms with E-state index in [9.17, 15) is 0 Å². The first-order valence-electron chi connectivity index (χ1n) is 6.84. The SMILES string of the molecule is N=C1C=CC(=C(c2ccccc2)c2ccc(N)cc2)C=C1. The van der Waals surface area contributed by atoms with Crippen molar-refractivity contribution >= 4 is 17.0 Å². The number of nitrogen functional groups attached to an aromatic ring is 1. The fraction of sp³-hybridized carbons (Fsp3) is 0. The van der Waals surface area contributed by atoms with Crippen LogP contribution in [-0.4, -0.2) is 5.71 Å². The Morgan fingerprint density at radius 2 is 1.29 bits per heavy atom. The average molecular weight is 272 g/mol. The van der Waals surface area contributed by atoms with Crippen molar-refractivity contribution in [1.29, 1.82) is 5.41 Å². The van der Waals surface area contributed by atoms with Crippen LogP contribution in [0.2, 0.25) is 0 Å². The predicted molar refractivity (Wildman–Crippen MR) is 89.3 cm³/mol.